The summed E-state index contributed by atoms with van der Waals surface area (Å²) in [5.74, 6) is 3.52. The Morgan fingerprint density at radius 3 is 1.58 bits per heavy atom. The molecule has 2 aliphatic heterocycles. The molecule has 3 aliphatic rings. The maximum atomic E-state index is 6.74. The zero-order valence-corrected chi connectivity index (χ0v) is 35.7. The molecule has 12 aromatic rings. The third-order valence-corrected chi connectivity index (χ3v) is 14.5. The summed E-state index contributed by atoms with van der Waals surface area (Å²) in [6, 6.07) is 77.2. The number of fused-ring (bicyclic) bond motifs is 13. The van der Waals surface area contributed by atoms with Gasteiger partial charge in [-0.15, -0.1) is 0 Å². The van der Waals surface area contributed by atoms with Gasteiger partial charge in [-0.05, 0) is 128 Å². The van der Waals surface area contributed by atoms with Gasteiger partial charge in [-0.3, -0.25) is 0 Å². The Hall–Kier alpha value is -8.54. The van der Waals surface area contributed by atoms with E-state index in [-0.39, 0.29) is 6.71 Å². The molecule has 0 amide bonds. The van der Waals surface area contributed by atoms with Crippen molar-refractivity contribution in [2.45, 2.75) is 6.42 Å². The van der Waals surface area contributed by atoms with E-state index in [4.69, 9.17) is 9.47 Å². The molecular weight excluding hydrogens is 803 g/mol. The minimum atomic E-state index is 0.0472. The van der Waals surface area contributed by atoms with Crippen LogP contribution in [0.15, 0.2) is 212 Å². The first-order chi connectivity index (χ1) is 32.7. The molecular formula is C61H37BN2O2. The van der Waals surface area contributed by atoms with Gasteiger partial charge in [-0.2, -0.15) is 0 Å². The van der Waals surface area contributed by atoms with Crippen molar-refractivity contribution in [1.82, 2.24) is 9.13 Å². The topological polar surface area (TPSA) is 28.3 Å². The number of rotatable bonds is 4. The van der Waals surface area contributed by atoms with Crippen LogP contribution >= 0.6 is 0 Å². The van der Waals surface area contributed by atoms with Crippen LogP contribution in [-0.2, 0) is 6.42 Å². The first-order valence-corrected chi connectivity index (χ1v) is 22.8. The summed E-state index contributed by atoms with van der Waals surface area (Å²) in [5.41, 5.74) is 20.5. The zero-order valence-electron chi connectivity index (χ0n) is 35.7. The maximum absolute atomic E-state index is 6.74. The second kappa shape index (κ2) is 13.5. The minimum Gasteiger partial charge on any atom is -0.458 e. The molecule has 306 valence electrons. The number of aromatic nitrogens is 2. The van der Waals surface area contributed by atoms with Crippen LogP contribution in [0.5, 0.6) is 23.0 Å². The molecule has 5 heteroatoms. The predicted molar refractivity (Wildman–Crippen MR) is 272 cm³/mol. The third kappa shape index (κ3) is 5.00. The number of nitrogens with zero attached hydrogens (tertiary/aromatic N) is 2. The monoisotopic (exact) mass is 840 g/mol. The van der Waals surface area contributed by atoms with Gasteiger partial charge in [0.1, 0.15) is 23.0 Å². The smallest absolute Gasteiger partial charge is 0.260 e. The molecule has 4 nitrogen and oxygen atoms in total. The molecule has 0 atom stereocenters. The number of benzene rings is 10. The minimum absolute atomic E-state index is 0.0472. The van der Waals surface area contributed by atoms with E-state index < -0.39 is 0 Å². The van der Waals surface area contributed by atoms with Crippen molar-refractivity contribution in [2.75, 3.05) is 0 Å². The van der Waals surface area contributed by atoms with Crippen LogP contribution in [0.2, 0.25) is 0 Å². The van der Waals surface area contributed by atoms with Gasteiger partial charge < -0.3 is 18.6 Å². The van der Waals surface area contributed by atoms with E-state index in [1.165, 1.54) is 99.2 Å². The largest absolute Gasteiger partial charge is 0.458 e. The Bertz CT molecular complexity index is 3940. The molecule has 4 heterocycles. The fourth-order valence-corrected chi connectivity index (χ4v) is 11.7. The van der Waals surface area contributed by atoms with E-state index >= 15 is 0 Å². The normalized spacial score (nSPS) is 13.0. The van der Waals surface area contributed by atoms with Gasteiger partial charge in [0.15, 0.2) is 0 Å². The molecule has 0 radical (unpaired) electrons. The van der Waals surface area contributed by atoms with Gasteiger partial charge in [0.05, 0.1) is 27.8 Å². The van der Waals surface area contributed by atoms with Crippen LogP contribution in [0.1, 0.15) is 11.1 Å². The second-order valence-corrected chi connectivity index (χ2v) is 17.9. The number of para-hydroxylation sites is 5. The van der Waals surface area contributed by atoms with Gasteiger partial charge in [0, 0.05) is 39.1 Å². The Morgan fingerprint density at radius 1 is 0.348 bits per heavy atom. The Labute approximate surface area is 381 Å². The second-order valence-electron chi connectivity index (χ2n) is 17.9. The predicted octanol–water partition coefficient (Wildman–Crippen LogP) is 13.5. The molecule has 0 saturated heterocycles. The number of ether oxygens (including phenoxy) is 2. The van der Waals surface area contributed by atoms with Crippen molar-refractivity contribution in [3.63, 3.8) is 0 Å². The summed E-state index contributed by atoms with van der Waals surface area (Å²) in [7, 11) is 0. The van der Waals surface area contributed by atoms with E-state index in [0.29, 0.717) is 0 Å². The van der Waals surface area contributed by atoms with Crippen molar-refractivity contribution in [2.24, 2.45) is 0 Å². The van der Waals surface area contributed by atoms with E-state index in [1.807, 2.05) is 0 Å². The summed E-state index contributed by atoms with van der Waals surface area (Å²) >= 11 is 0. The molecule has 0 unspecified atom stereocenters. The Balaban J connectivity index is 0.843. The Morgan fingerprint density at radius 2 is 0.879 bits per heavy atom. The summed E-state index contributed by atoms with van der Waals surface area (Å²) < 4.78 is 18.4. The van der Waals surface area contributed by atoms with Gasteiger partial charge >= 0.3 is 0 Å². The van der Waals surface area contributed by atoms with Crippen LogP contribution in [0, 0.1) is 0 Å². The van der Waals surface area contributed by atoms with Crippen LogP contribution in [0.25, 0.3) is 88.4 Å². The lowest BCUT2D eigenvalue weighted by atomic mass is 9.35. The highest BCUT2D eigenvalue weighted by Crippen LogP contribution is 2.47. The molecule has 2 aromatic heterocycles. The van der Waals surface area contributed by atoms with Crippen LogP contribution in [-0.4, -0.2) is 15.8 Å². The number of hydrogen-bond acceptors (Lipinski definition) is 2. The van der Waals surface area contributed by atoms with Crippen molar-refractivity contribution >= 4 is 66.7 Å². The molecule has 1 aliphatic carbocycles. The lowest BCUT2D eigenvalue weighted by Gasteiger charge is -2.33. The first kappa shape index (κ1) is 35.9. The standard InChI is InChI=1S/C61H37BN2O2/c1-6-24-52-44(16-1)45-17-2-7-25-53(45)63(52)40-15-11-14-37(32-40)38-30-31-56-48(33-38)46-18-3-8-26-54(46)64(56)55-27-13-21-43-42-20-12-19-41(47(42)36-49(43)55)39-34-59-61-60(35-39)66-58-29-10-5-23-51(58)62(61)50-22-4-9-28-57(50)65-59/h1-35H,36H2. The van der Waals surface area contributed by atoms with Crippen LogP contribution < -0.4 is 25.9 Å². The highest BCUT2D eigenvalue weighted by Gasteiger charge is 2.40. The molecule has 66 heavy (non-hydrogen) atoms. The fourth-order valence-electron chi connectivity index (χ4n) is 11.7. The van der Waals surface area contributed by atoms with Crippen molar-refractivity contribution < 1.29 is 9.47 Å². The Kier molecular flexibility index (Phi) is 7.33. The van der Waals surface area contributed by atoms with Gasteiger partial charge in [0.2, 0.25) is 0 Å². The molecule has 0 spiro atoms. The average molecular weight is 841 g/mol. The van der Waals surface area contributed by atoms with Crippen molar-refractivity contribution in [3.8, 4) is 67.8 Å². The summed E-state index contributed by atoms with van der Waals surface area (Å²) in [5, 5.41) is 5.01. The van der Waals surface area contributed by atoms with E-state index in [0.717, 1.165) is 46.1 Å². The van der Waals surface area contributed by atoms with Crippen molar-refractivity contribution in [1.29, 1.82) is 0 Å². The SMILES string of the molecule is c1cc(-c2ccc3c(c2)c2ccccc2n3-c2cccc3c2Cc2c(-c4cc5c6c(c4)Oc4ccccc4B6c4ccccc4O5)cccc2-3)cc(-n2c3ccccc3c3ccccc32)c1. The molecule has 0 bridgehead atoms. The lowest BCUT2D eigenvalue weighted by molar-refractivity contribution is 0.465. The highest BCUT2D eigenvalue weighted by molar-refractivity contribution is 6.98. The molecule has 0 fully saturated rings. The third-order valence-electron chi connectivity index (χ3n) is 14.5. The molecule has 10 aromatic carbocycles. The average Bonchev–Trinajstić information content (AvgIpc) is 4.04. The van der Waals surface area contributed by atoms with Gasteiger partial charge in [0.25, 0.3) is 6.71 Å². The summed E-state index contributed by atoms with van der Waals surface area (Å²) in [4.78, 5) is 0. The summed E-state index contributed by atoms with van der Waals surface area (Å²) in [6.07, 6.45) is 0.807. The lowest BCUT2D eigenvalue weighted by Crippen LogP contribution is -2.57. The molecule has 0 N–H and O–H groups in total. The summed E-state index contributed by atoms with van der Waals surface area (Å²) in [6.45, 7) is 0.0472. The molecule has 15 rings (SSSR count). The van der Waals surface area contributed by atoms with Crippen LogP contribution in [0.3, 0.4) is 0 Å². The van der Waals surface area contributed by atoms with E-state index in [9.17, 15) is 0 Å². The van der Waals surface area contributed by atoms with Gasteiger partial charge in [-0.25, -0.2) is 0 Å². The van der Waals surface area contributed by atoms with Crippen molar-refractivity contribution in [3.05, 3.63) is 223 Å². The highest BCUT2D eigenvalue weighted by atomic mass is 16.5. The first-order valence-electron chi connectivity index (χ1n) is 22.8. The number of hydrogen-bond donors (Lipinski definition) is 0. The van der Waals surface area contributed by atoms with E-state index in [1.54, 1.807) is 0 Å². The zero-order chi connectivity index (χ0) is 43.0. The quantitative estimate of drug-likeness (QED) is 0.165. The maximum Gasteiger partial charge on any atom is 0.260 e. The fraction of sp³-hybridized carbons (Fsp3) is 0.0164. The van der Waals surface area contributed by atoms with E-state index in [2.05, 4.69) is 221 Å². The van der Waals surface area contributed by atoms with Crippen LogP contribution in [0.4, 0.5) is 0 Å². The molecule has 0 saturated carbocycles. The van der Waals surface area contributed by atoms with Gasteiger partial charge in [-0.1, -0.05) is 140 Å².